The van der Waals surface area contributed by atoms with Gasteiger partial charge >= 0.3 is 0 Å². The van der Waals surface area contributed by atoms with Gasteiger partial charge in [-0.1, -0.05) is 24.3 Å². The van der Waals surface area contributed by atoms with Crippen LogP contribution in [0.5, 0.6) is 0 Å². The minimum absolute atomic E-state index is 0.0374. The highest BCUT2D eigenvalue weighted by Crippen LogP contribution is 2.26. The zero-order valence-electron chi connectivity index (χ0n) is 11.1. The fourth-order valence-electron chi connectivity index (χ4n) is 1.82. The standard InChI is InChI=1S/C13H11N3O5S/c14-13(17)9-5-1-2-6-10(9)15-22(20,21)12-8-4-3-7-11(12)16(18)19/h1-8,15H,(H2,14,17). The van der Waals surface area contributed by atoms with Gasteiger partial charge in [0.05, 0.1) is 16.2 Å². The summed E-state index contributed by atoms with van der Waals surface area (Å²) in [5.74, 6) is -0.819. The molecule has 0 atom stereocenters. The van der Waals surface area contributed by atoms with E-state index in [0.29, 0.717) is 0 Å². The van der Waals surface area contributed by atoms with Crippen LogP contribution in [0.15, 0.2) is 53.4 Å². The minimum atomic E-state index is -4.24. The number of benzene rings is 2. The van der Waals surface area contributed by atoms with Gasteiger partial charge in [-0.25, -0.2) is 8.42 Å². The number of nitrogens with zero attached hydrogens (tertiary/aromatic N) is 1. The molecule has 0 fully saturated rings. The fourth-order valence-corrected chi connectivity index (χ4v) is 3.08. The van der Waals surface area contributed by atoms with Gasteiger partial charge < -0.3 is 5.73 Å². The minimum Gasteiger partial charge on any atom is -0.366 e. The van der Waals surface area contributed by atoms with Gasteiger partial charge in [0.25, 0.3) is 21.6 Å². The third-order valence-corrected chi connectivity index (χ3v) is 4.20. The van der Waals surface area contributed by atoms with Crippen molar-refractivity contribution in [2.45, 2.75) is 4.90 Å². The molecule has 1 amide bonds. The lowest BCUT2D eigenvalue weighted by atomic mass is 10.2. The predicted molar refractivity (Wildman–Crippen MR) is 78.9 cm³/mol. The number of nitrogens with one attached hydrogen (secondary N) is 1. The third-order valence-electron chi connectivity index (χ3n) is 2.79. The number of nitrogens with two attached hydrogens (primary N) is 1. The lowest BCUT2D eigenvalue weighted by Gasteiger charge is -2.10. The number of nitro benzene ring substituents is 1. The Hall–Kier alpha value is -2.94. The first kappa shape index (κ1) is 15.4. The quantitative estimate of drug-likeness (QED) is 0.636. The molecule has 9 heteroatoms. The molecule has 0 spiro atoms. The number of rotatable bonds is 5. The van der Waals surface area contributed by atoms with E-state index in [0.717, 1.165) is 12.1 Å². The molecule has 2 aromatic rings. The first-order valence-electron chi connectivity index (χ1n) is 5.98. The van der Waals surface area contributed by atoms with E-state index in [4.69, 9.17) is 5.73 Å². The number of para-hydroxylation sites is 2. The van der Waals surface area contributed by atoms with E-state index < -0.39 is 31.4 Å². The number of carbonyl (C=O) groups excluding carboxylic acids is 1. The summed E-state index contributed by atoms with van der Waals surface area (Å²) in [6.45, 7) is 0. The van der Waals surface area contributed by atoms with Crippen LogP contribution in [-0.2, 0) is 10.0 Å². The molecule has 8 nitrogen and oxygen atoms in total. The van der Waals surface area contributed by atoms with Gasteiger partial charge in [0.2, 0.25) is 0 Å². The first-order chi connectivity index (χ1) is 10.3. The molecule has 0 saturated heterocycles. The van der Waals surface area contributed by atoms with E-state index in [2.05, 4.69) is 4.72 Å². The Morgan fingerprint density at radius 2 is 1.68 bits per heavy atom. The van der Waals surface area contributed by atoms with Crippen LogP contribution in [0.25, 0.3) is 0 Å². The Morgan fingerprint density at radius 1 is 1.09 bits per heavy atom. The van der Waals surface area contributed by atoms with Crippen molar-refractivity contribution in [3.63, 3.8) is 0 Å². The van der Waals surface area contributed by atoms with Crippen LogP contribution in [-0.4, -0.2) is 19.2 Å². The summed E-state index contributed by atoms with van der Waals surface area (Å²) in [6.07, 6.45) is 0. The first-order valence-corrected chi connectivity index (χ1v) is 7.46. The molecular formula is C13H11N3O5S. The Morgan fingerprint density at radius 3 is 2.32 bits per heavy atom. The smallest absolute Gasteiger partial charge is 0.289 e. The highest BCUT2D eigenvalue weighted by atomic mass is 32.2. The molecule has 0 aliphatic carbocycles. The molecule has 0 bridgehead atoms. The SMILES string of the molecule is NC(=O)c1ccccc1NS(=O)(=O)c1ccccc1[N+](=O)[O-]. The van der Waals surface area contributed by atoms with E-state index in [-0.39, 0.29) is 11.3 Å². The monoisotopic (exact) mass is 321 g/mol. The van der Waals surface area contributed by atoms with Gasteiger partial charge in [-0.3, -0.25) is 19.6 Å². The second-order valence-corrected chi connectivity index (χ2v) is 5.89. The summed E-state index contributed by atoms with van der Waals surface area (Å²) >= 11 is 0. The summed E-state index contributed by atoms with van der Waals surface area (Å²) in [6, 6.07) is 10.6. The Balaban J connectivity index is 2.50. The molecule has 0 aliphatic rings. The van der Waals surface area contributed by atoms with Crippen LogP contribution in [0.1, 0.15) is 10.4 Å². The maximum absolute atomic E-state index is 12.3. The van der Waals surface area contributed by atoms with Gasteiger partial charge in [0.15, 0.2) is 4.90 Å². The molecule has 2 rings (SSSR count). The van der Waals surface area contributed by atoms with Crippen LogP contribution in [0.2, 0.25) is 0 Å². The van der Waals surface area contributed by atoms with E-state index >= 15 is 0 Å². The van der Waals surface area contributed by atoms with Gasteiger partial charge in [-0.2, -0.15) is 0 Å². The number of nitro groups is 1. The number of hydrogen-bond acceptors (Lipinski definition) is 5. The summed E-state index contributed by atoms with van der Waals surface area (Å²) in [4.78, 5) is 20.9. The van der Waals surface area contributed by atoms with Crippen molar-refractivity contribution >= 4 is 27.3 Å². The van der Waals surface area contributed by atoms with Crippen LogP contribution < -0.4 is 10.5 Å². The molecule has 0 aliphatic heterocycles. The molecule has 3 N–H and O–H groups in total. The summed E-state index contributed by atoms with van der Waals surface area (Å²) in [5.41, 5.74) is 4.52. The average molecular weight is 321 g/mol. The molecule has 2 aromatic carbocycles. The molecule has 114 valence electrons. The normalized spacial score (nSPS) is 10.9. The Labute approximate surface area is 125 Å². The number of amides is 1. The summed E-state index contributed by atoms with van der Waals surface area (Å²) in [5, 5.41) is 10.9. The van der Waals surface area contributed by atoms with Gasteiger partial charge in [0, 0.05) is 6.07 Å². The predicted octanol–water partition coefficient (Wildman–Crippen LogP) is 1.49. The molecule has 22 heavy (non-hydrogen) atoms. The molecule has 0 heterocycles. The summed E-state index contributed by atoms with van der Waals surface area (Å²) in [7, 11) is -4.24. The highest BCUT2D eigenvalue weighted by Gasteiger charge is 2.26. The van der Waals surface area contributed by atoms with Crippen molar-refractivity contribution in [3.8, 4) is 0 Å². The van der Waals surface area contributed by atoms with Crippen LogP contribution in [0.4, 0.5) is 11.4 Å². The van der Waals surface area contributed by atoms with Gasteiger partial charge in [-0.05, 0) is 18.2 Å². The highest BCUT2D eigenvalue weighted by molar-refractivity contribution is 7.92. The van der Waals surface area contributed by atoms with Gasteiger partial charge in [-0.15, -0.1) is 0 Å². The Bertz CT molecular complexity index is 848. The maximum Gasteiger partial charge on any atom is 0.289 e. The number of sulfonamides is 1. The van der Waals surface area contributed by atoms with Gasteiger partial charge in [0.1, 0.15) is 0 Å². The summed E-state index contributed by atoms with van der Waals surface area (Å²) < 4.78 is 26.8. The number of carbonyl (C=O) groups is 1. The maximum atomic E-state index is 12.3. The molecular weight excluding hydrogens is 310 g/mol. The number of hydrogen-bond donors (Lipinski definition) is 2. The molecule has 0 radical (unpaired) electrons. The van der Waals surface area contributed by atoms with E-state index in [1.165, 1.54) is 36.4 Å². The van der Waals surface area contributed by atoms with Crippen molar-refractivity contribution in [2.24, 2.45) is 5.73 Å². The van der Waals surface area contributed by atoms with Crippen molar-refractivity contribution in [3.05, 3.63) is 64.2 Å². The van der Waals surface area contributed by atoms with E-state index in [9.17, 15) is 23.3 Å². The van der Waals surface area contributed by atoms with Crippen LogP contribution in [0, 0.1) is 10.1 Å². The topological polar surface area (TPSA) is 132 Å². The lowest BCUT2D eigenvalue weighted by Crippen LogP contribution is -2.19. The zero-order chi connectivity index (χ0) is 16.3. The van der Waals surface area contributed by atoms with Crippen molar-refractivity contribution in [1.82, 2.24) is 0 Å². The van der Waals surface area contributed by atoms with Crippen molar-refractivity contribution in [2.75, 3.05) is 4.72 Å². The number of primary amides is 1. The molecule has 0 saturated carbocycles. The van der Waals surface area contributed by atoms with Crippen LogP contribution in [0.3, 0.4) is 0 Å². The zero-order valence-corrected chi connectivity index (χ0v) is 11.9. The number of anilines is 1. The van der Waals surface area contributed by atoms with Crippen molar-refractivity contribution in [1.29, 1.82) is 0 Å². The second-order valence-electron chi connectivity index (χ2n) is 4.24. The third kappa shape index (κ3) is 3.04. The van der Waals surface area contributed by atoms with Crippen LogP contribution >= 0.6 is 0 Å². The fraction of sp³-hybridized carbons (Fsp3) is 0. The largest absolute Gasteiger partial charge is 0.366 e. The van der Waals surface area contributed by atoms with E-state index in [1.807, 2.05) is 0 Å². The second kappa shape index (κ2) is 5.82. The van der Waals surface area contributed by atoms with Crippen molar-refractivity contribution < 1.29 is 18.1 Å². The molecule has 0 unspecified atom stereocenters. The average Bonchev–Trinajstić information content (AvgIpc) is 2.47. The Kier molecular flexibility index (Phi) is 4.08. The molecule has 0 aromatic heterocycles. The lowest BCUT2D eigenvalue weighted by molar-refractivity contribution is -0.387. The van der Waals surface area contributed by atoms with E-state index in [1.54, 1.807) is 0 Å².